The fraction of sp³-hybridized carbons (Fsp3) is 0.533. The second kappa shape index (κ2) is 6.11. The van der Waals surface area contributed by atoms with Gasteiger partial charge in [0, 0.05) is 12.7 Å². The number of likely N-dealkylation sites (tertiary alicyclic amines) is 1. The molecule has 1 fully saturated rings. The van der Waals surface area contributed by atoms with Gasteiger partial charge in [-0.1, -0.05) is 0 Å². The zero-order valence-corrected chi connectivity index (χ0v) is 12.6. The monoisotopic (exact) mass is 291 g/mol. The van der Waals surface area contributed by atoms with E-state index < -0.39 is 17.7 Å². The van der Waals surface area contributed by atoms with E-state index in [9.17, 15) is 9.59 Å². The van der Waals surface area contributed by atoms with E-state index in [1.54, 1.807) is 24.5 Å². The summed E-state index contributed by atoms with van der Waals surface area (Å²) in [5.74, 6) is -0.202. The van der Waals surface area contributed by atoms with Crippen LogP contribution >= 0.6 is 0 Å². The van der Waals surface area contributed by atoms with E-state index in [2.05, 4.69) is 10.3 Å². The number of nitrogens with zero attached hydrogens (tertiary/aromatic N) is 2. The summed E-state index contributed by atoms with van der Waals surface area (Å²) in [7, 11) is 0. The van der Waals surface area contributed by atoms with E-state index in [-0.39, 0.29) is 5.91 Å². The first-order valence-electron chi connectivity index (χ1n) is 7.07. The number of nitrogens with one attached hydrogen (secondary N) is 1. The molecular weight excluding hydrogens is 270 g/mol. The summed E-state index contributed by atoms with van der Waals surface area (Å²) in [4.78, 5) is 29.9. The molecule has 1 saturated heterocycles. The molecule has 21 heavy (non-hydrogen) atoms. The molecule has 2 heterocycles. The maximum absolute atomic E-state index is 12.3. The van der Waals surface area contributed by atoms with Crippen LogP contribution in [-0.4, -0.2) is 40.1 Å². The third kappa shape index (κ3) is 4.18. The van der Waals surface area contributed by atoms with Gasteiger partial charge in [-0.25, -0.2) is 4.79 Å². The highest BCUT2D eigenvalue weighted by atomic mass is 16.6. The number of hydrogen-bond donors (Lipinski definition) is 1. The quantitative estimate of drug-likeness (QED) is 0.908. The van der Waals surface area contributed by atoms with Gasteiger partial charge in [0.25, 0.3) is 0 Å². The van der Waals surface area contributed by atoms with Crippen molar-refractivity contribution in [1.29, 1.82) is 0 Å². The summed E-state index contributed by atoms with van der Waals surface area (Å²) < 4.78 is 5.35. The van der Waals surface area contributed by atoms with Crippen molar-refractivity contribution in [2.45, 2.75) is 45.3 Å². The van der Waals surface area contributed by atoms with Crippen LogP contribution < -0.4 is 5.32 Å². The van der Waals surface area contributed by atoms with Crippen molar-refractivity contribution in [1.82, 2.24) is 9.88 Å². The molecule has 0 unspecified atom stereocenters. The molecule has 0 spiro atoms. The number of anilines is 1. The van der Waals surface area contributed by atoms with Crippen molar-refractivity contribution in [3.63, 3.8) is 0 Å². The van der Waals surface area contributed by atoms with Crippen molar-refractivity contribution < 1.29 is 14.3 Å². The van der Waals surface area contributed by atoms with E-state index >= 15 is 0 Å². The van der Waals surface area contributed by atoms with E-state index in [0.717, 1.165) is 6.42 Å². The first-order valence-corrected chi connectivity index (χ1v) is 7.07. The average molecular weight is 291 g/mol. The Labute approximate surface area is 124 Å². The maximum Gasteiger partial charge on any atom is 0.410 e. The van der Waals surface area contributed by atoms with Gasteiger partial charge in [0.05, 0.1) is 11.9 Å². The molecule has 1 aliphatic rings. The third-order valence-electron chi connectivity index (χ3n) is 3.11. The number of aromatic nitrogens is 1. The molecule has 1 N–H and O–H groups in total. The lowest BCUT2D eigenvalue weighted by Crippen LogP contribution is -2.45. The molecular formula is C15H21N3O3. The number of hydrogen-bond acceptors (Lipinski definition) is 4. The van der Waals surface area contributed by atoms with E-state index in [1.807, 2.05) is 20.8 Å². The van der Waals surface area contributed by atoms with Crippen LogP contribution in [0.4, 0.5) is 10.5 Å². The van der Waals surface area contributed by atoms with Gasteiger partial charge in [0.1, 0.15) is 11.6 Å². The van der Waals surface area contributed by atoms with E-state index in [0.29, 0.717) is 18.7 Å². The minimum absolute atomic E-state index is 0.202. The third-order valence-corrected chi connectivity index (χ3v) is 3.11. The normalized spacial score (nSPS) is 18.4. The Hall–Kier alpha value is -2.11. The molecule has 1 aromatic rings. The number of rotatable bonds is 2. The van der Waals surface area contributed by atoms with Crippen LogP contribution in [0.5, 0.6) is 0 Å². The summed E-state index contributed by atoms with van der Waals surface area (Å²) in [5, 5.41) is 2.78. The Morgan fingerprint density at radius 2 is 2.19 bits per heavy atom. The van der Waals surface area contributed by atoms with Gasteiger partial charge < -0.3 is 10.1 Å². The average Bonchev–Trinajstić information content (AvgIpc) is 2.87. The van der Waals surface area contributed by atoms with Gasteiger partial charge in [0.2, 0.25) is 5.91 Å². The van der Waals surface area contributed by atoms with Crippen LogP contribution in [0.15, 0.2) is 24.5 Å². The molecule has 2 rings (SSSR count). The zero-order chi connectivity index (χ0) is 15.5. The lowest BCUT2D eigenvalue weighted by molar-refractivity contribution is -0.120. The molecule has 6 heteroatoms. The van der Waals surface area contributed by atoms with Crippen molar-refractivity contribution in [2.24, 2.45) is 0 Å². The van der Waals surface area contributed by atoms with Crippen LogP contribution in [-0.2, 0) is 9.53 Å². The predicted molar refractivity (Wildman–Crippen MR) is 78.8 cm³/mol. The molecule has 1 aliphatic heterocycles. The van der Waals surface area contributed by atoms with Crippen LogP contribution in [0.1, 0.15) is 33.6 Å². The van der Waals surface area contributed by atoms with Crippen molar-refractivity contribution in [2.75, 3.05) is 11.9 Å². The molecule has 0 saturated carbocycles. The number of carbonyl (C=O) groups is 2. The lowest BCUT2D eigenvalue weighted by atomic mass is 10.2. The first-order chi connectivity index (χ1) is 9.87. The van der Waals surface area contributed by atoms with Crippen molar-refractivity contribution >= 4 is 17.7 Å². The van der Waals surface area contributed by atoms with Crippen molar-refractivity contribution in [3.05, 3.63) is 24.5 Å². The molecule has 1 aromatic heterocycles. The Kier molecular flexibility index (Phi) is 4.45. The van der Waals surface area contributed by atoms with Crippen LogP contribution in [0.2, 0.25) is 0 Å². The summed E-state index contributed by atoms with van der Waals surface area (Å²) in [6.07, 6.45) is 4.21. The first kappa shape index (κ1) is 15.3. The van der Waals surface area contributed by atoms with Gasteiger partial charge in [-0.2, -0.15) is 0 Å². The zero-order valence-electron chi connectivity index (χ0n) is 12.6. The maximum atomic E-state index is 12.3. The molecule has 0 aromatic carbocycles. The van der Waals surface area contributed by atoms with Crippen LogP contribution in [0.25, 0.3) is 0 Å². The smallest absolute Gasteiger partial charge is 0.410 e. The number of amides is 2. The predicted octanol–water partition coefficient (Wildman–Crippen LogP) is 2.42. The lowest BCUT2D eigenvalue weighted by Gasteiger charge is -2.28. The molecule has 2 amide bonds. The number of carbonyl (C=O) groups excluding carboxylic acids is 2. The van der Waals surface area contributed by atoms with E-state index in [1.165, 1.54) is 4.90 Å². The van der Waals surface area contributed by atoms with Gasteiger partial charge in [-0.05, 0) is 45.7 Å². The molecule has 0 bridgehead atoms. The minimum Gasteiger partial charge on any atom is -0.444 e. The van der Waals surface area contributed by atoms with Gasteiger partial charge >= 0.3 is 6.09 Å². The molecule has 6 nitrogen and oxygen atoms in total. The second-order valence-electron chi connectivity index (χ2n) is 6.06. The fourth-order valence-electron chi connectivity index (χ4n) is 2.24. The number of ether oxygens (including phenoxy) is 1. The SMILES string of the molecule is CC(C)(C)OC(=O)N1CCC[C@@H]1C(=O)Nc1cccnc1. The molecule has 114 valence electrons. The highest BCUT2D eigenvalue weighted by Crippen LogP contribution is 2.22. The van der Waals surface area contributed by atoms with Gasteiger partial charge in [-0.3, -0.25) is 14.7 Å². The largest absolute Gasteiger partial charge is 0.444 e. The topological polar surface area (TPSA) is 71.5 Å². The molecule has 0 aliphatic carbocycles. The number of pyridine rings is 1. The summed E-state index contributed by atoms with van der Waals surface area (Å²) >= 11 is 0. The van der Waals surface area contributed by atoms with Crippen molar-refractivity contribution in [3.8, 4) is 0 Å². The molecule has 1 atom stereocenters. The Balaban J connectivity index is 2.01. The van der Waals surface area contributed by atoms with Gasteiger partial charge in [0.15, 0.2) is 0 Å². The van der Waals surface area contributed by atoms with Gasteiger partial charge in [-0.15, -0.1) is 0 Å². The standard InChI is InChI=1S/C15H21N3O3/c1-15(2,3)21-14(20)18-9-5-7-12(18)13(19)17-11-6-4-8-16-10-11/h4,6,8,10,12H,5,7,9H2,1-3H3,(H,17,19)/t12-/m1/s1. The highest BCUT2D eigenvalue weighted by molar-refractivity contribution is 5.96. The molecule has 0 radical (unpaired) electrons. The Bertz CT molecular complexity index is 511. The summed E-state index contributed by atoms with van der Waals surface area (Å²) in [6, 6.07) is 3.02. The highest BCUT2D eigenvalue weighted by Gasteiger charge is 2.36. The second-order valence-corrected chi connectivity index (χ2v) is 6.06. The Morgan fingerprint density at radius 3 is 2.81 bits per heavy atom. The Morgan fingerprint density at radius 1 is 1.43 bits per heavy atom. The minimum atomic E-state index is -0.565. The summed E-state index contributed by atoms with van der Waals surface area (Å²) in [5.41, 5.74) is 0.0582. The fourth-order valence-corrected chi connectivity index (χ4v) is 2.24. The van der Waals surface area contributed by atoms with E-state index in [4.69, 9.17) is 4.74 Å². The van der Waals surface area contributed by atoms with Crippen LogP contribution in [0.3, 0.4) is 0 Å². The van der Waals surface area contributed by atoms with Crippen LogP contribution in [0, 0.1) is 0 Å². The summed E-state index contributed by atoms with van der Waals surface area (Å²) in [6.45, 7) is 5.98.